The van der Waals surface area contributed by atoms with E-state index in [4.69, 9.17) is 0 Å². The minimum atomic E-state index is -3.26. The van der Waals surface area contributed by atoms with Gasteiger partial charge in [0.25, 0.3) is 0 Å². The van der Waals surface area contributed by atoms with Crippen molar-refractivity contribution in [3.63, 3.8) is 0 Å². The molecular weight excluding hydrogens is 316 g/mol. The van der Waals surface area contributed by atoms with Crippen LogP contribution in [-0.4, -0.2) is 49.5 Å². The molecule has 0 atom stereocenters. The molecule has 0 radical (unpaired) electrons. The Morgan fingerprint density at radius 1 is 1.30 bits per heavy atom. The lowest BCUT2D eigenvalue weighted by Gasteiger charge is -2.26. The summed E-state index contributed by atoms with van der Waals surface area (Å²) in [5.74, 6) is 0.607. The van der Waals surface area contributed by atoms with E-state index in [0.29, 0.717) is 19.0 Å². The van der Waals surface area contributed by atoms with Crippen LogP contribution in [0.3, 0.4) is 0 Å². The Morgan fingerprint density at radius 3 is 2.35 bits per heavy atom. The van der Waals surface area contributed by atoms with Crippen LogP contribution in [-0.2, 0) is 23.6 Å². The van der Waals surface area contributed by atoms with Gasteiger partial charge in [-0.15, -0.1) is 0 Å². The first-order valence-electron chi connectivity index (χ1n) is 7.38. The number of nitrogens with one attached hydrogen (secondary N) is 3. The number of aryl methyl sites for hydroxylation is 2. The number of hydrogen-bond donors (Lipinski definition) is 3. The van der Waals surface area contributed by atoms with Crippen molar-refractivity contribution in [1.29, 1.82) is 0 Å². The first-order chi connectivity index (χ1) is 10.4. The molecular formula is C14H28N6O2S. The number of aromatic nitrogens is 2. The normalized spacial score (nSPS) is 13.3. The number of rotatable bonds is 6. The van der Waals surface area contributed by atoms with Gasteiger partial charge in [0.1, 0.15) is 0 Å². The summed E-state index contributed by atoms with van der Waals surface area (Å²) in [7, 11) is 0.329. The van der Waals surface area contributed by atoms with Crippen LogP contribution in [0.5, 0.6) is 0 Å². The van der Waals surface area contributed by atoms with E-state index in [1.807, 2.05) is 39.4 Å². The van der Waals surface area contributed by atoms with Gasteiger partial charge >= 0.3 is 0 Å². The van der Waals surface area contributed by atoms with E-state index < -0.39 is 15.6 Å². The first kappa shape index (κ1) is 19.4. The molecule has 0 saturated heterocycles. The zero-order valence-corrected chi connectivity index (χ0v) is 15.8. The van der Waals surface area contributed by atoms with Gasteiger partial charge in [-0.25, -0.2) is 13.1 Å². The van der Waals surface area contributed by atoms with Crippen LogP contribution < -0.4 is 15.4 Å². The molecule has 0 aliphatic rings. The van der Waals surface area contributed by atoms with Crippen molar-refractivity contribution in [3.8, 4) is 0 Å². The van der Waals surface area contributed by atoms with E-state index in [0.717, 1.165) is 23.2 Å². The molecule has 0 bridgehead atoms. The highest BCUT2D eigenvalue weighted by molar-refractivity contribution is 7.88. The van der Waals surface area contributed by atoms with Crippen LogP contribution in [0.2, 0.25) is 0 Å². The molecule has 9 heteroatoms. The number of nitrogens with zero attached hydrogens (tertiary/aromatic N) is 3. The molecule has 8 nitrogen and oxygen atoms in total. The van der Waals surface area contributed by atoms with Crippen molar-refractivity contribution in [3.05, 3.63) is 17.0 Å². The minimum Gasteiger partial charge on any atom is -0.355 e. The number of hydrogen-bond acceptors (Lipinski definition) is 4. The highest BCUT2D eigenvalue weighted by Gasteiger charge is 2.22. The van der Waals surface area contributed by atoms with Crippen LogP contribution in [0, 0.1) is 13.8 Å². The summed E-state index contributed by atoms with van der Waals surface area (Å²) >= 11 is 0. The predicted octanol–water partition coefficient (Wildman–Crippen LogP) is 0.0297. The fraction of sp³-hybridized carbons (Fsp3) is 0.714. The molecule has 0 amide bonds. The molecule has 1 aromatic rings. The van der Waals surface area contributed by atoms with Gasteiger partial charge in [-0.3, -0.25) is 9.67 Å². The third-order valence-corrected chi connectivity index (χ3v) is 4.40. The molecule has 0 unspecified atom stereocenters. The average molecular weight is 344 g/mol. The van der Waals surface area contributed by atoms with Crippen LogP contribution in [0.25, 0.3) is 0 Å². The van der Waals surface area contributed by atoms with E-state index in [1.54, 1.807) is 7.05 Å². The van der Waals surface area contributed by atoms with E-state index in [9.17, 15) is 8.42 Å². The second-order valence-corrected chi connectivity index (χ2v) is 8.06. The van der Waals surface area contributed by atoms with Gasteiger partial charge in [0, 0.05) is 44.0 Å². The minimum absolute atomic E-state index is 0.407. The molecule has 0 fully saturated rings. The summed E-state index contributed by atoms with van der Waals surface area (Å²) in [6.07, 6.45) is 1.15. The highest BCUT2D eigenvalue weighted by atomic mass is 32.2. The first-order valence-corrected chi connectivity index (χ1v) is 9.27. The average Bonchev–Trinajstić information content (AvgIpc) is 2.61. The van der Waals surface area contributed by atoms with Crippen LogP contribution in [0.15, 0.2) is 4.99 Å². The summed E-state index contributed by atoms with van der Waals surface area (Å²) in [5, 5.41) is 10.7. The molecule has 1 rings (SSSR count). The fourth-order valence-electron chi connectivity index (χ4n) is 2.31. The van der Waals surface area contributed by atoms with Crippen molar-refractivity contribution in [2.24, 2.45) is 12.0 Å². The zero-order valence-electron chi connectivity index (χ0n) is 15.0. The van der Waals surface area contributed by atoms with Crippen LogP contribution in [0.1, 0.15) is 30.8 Å². The SMILES string of the molecule is CN=C(NCc1c(C)nn(C)c1C)NCC(C)(C)NS(C)(=O)=O. The topological polar surface area (TPSA) is 100 Å². The Bertz CT molecular complexity index is 676. The van der Waals surface area contributed by atoms with Crippen LogP contribution in [0.4, 0.5) is 0 Å². The molecule has 1 aromatic heterocycles. The van der Waals surface area contributed by atoms with Crippen molar-refractivity contribution in [2.45, 2.75) is 39.8 Å². The molecule has 3 N–H and O–H groups in total. The molecule has 0 aromatic carbocycles. The van der Waals surface area contributed by atoms with Gasteiger partial charge in [-0.1, -0.05) is 0 Å². The monoisotopic (exact) mass is 344 g/mol. The fourth-order valence-corrected chi connectivity index (χ4v) is 3.38. The van der Waals surface area contributed by atoms with E-state index in [2.05, 4.69) is 25.4 Å². The van der Waals surface area contributed by atoms with Gasteiger partial charge in [0.2, 0.25) is 10.0 Å². The standard InChI is InChI=1S/C14H28N6O2S/c1-10-12(11(2)20(6)18-10)8-16-13(15-5)17-9-14(3,4)19-23(7,21)22/h19H,8-9H2,1-7H3,(H2,15,16,17). The quantitative estimate of drug-likeness (QED) is 0.499. The summed E-state index contributed by atoms with van der Waals surface area (Å²) in [6.45, 7) is 8.62. The molecule has 0 saturated carbocycles. The van der Waals surface area contributed by atoms with Crippen molar-refractivity contribution in [1.82, 2.24) is 25.1 Å². The van der Waals surface area contributed by atoms with Crippen molar-refractivity contribution < 1.29 is 8.42 Å². The van der Waals surface area contributed by atoms with E-state index in [1.165, 1.54) is 0 Å². The highest BCUT2D eigenvalue weighted by Crippen LogP contribution is 2.11. The lowest BCUT2D eigenvalue weighted by atomic mass is 10.1. The van der Waals surface area contributed by atoms with Crippen molar-refractivity contribution in [2.75, 3.05) is 19.8 Å². The summed E-state index contributed by atoms with van der Waals surface area (Å²) < 4.78 is 27.1. The second-order valence-electron chi connectivity index (χ2n) is 6.31. The van der Waals surface area contributed by atoms with Crippen LogP contribution >= 0.6 is 0 Å². The molecule has 23 heavy (non-hydrogen) atoms. The molecule has 0 aliphatic carbocycles. The summed E-state index contributed by atoms with van der Waals surface area (Å²) in [4.78, 5) is 4.16. The largest absolute Gasteiger partial charge is 0.355 e. The van der Waals surface area contributed by atoms with Crippen molar-refractivity contribution >= 4 is 16.0 Å². The Morgan fingerprint density at radius 2 is 1.91 bits per heavy atom. The lowest BCUT2D eigenvalue weighted by Crippen LogP contribution is -2.52. The Hall–Kier alpha value is -1.61. The maximum atomic E-state index is 11.4. The molecule has 132 valence electrons. The molecule has 0 aliphatic heterocycles. The number of sulfonamides is 1. The Balaban J connectivity index is 2.62. The smallest absolute Gasteiger partial charge is 0.209 e. The maximum Gasteiger partial charge on any atom is 0.209 e. The van der Waals surface area contributed by atoms with Gasteiger partial charge < -0.3 is 10.6 Å². The third-order valence-electron chi connectivity index (χ3n) is 3.47. The van der Waals surface area contributed by atoms with E-state index in [-0.39, 0.29) is 0 Å². The summed E-state index contributed by atoms with van der Waals surface area (Å²) in [6, 6.07) is 0. The molecule has 1 heterocycles. The Kier molecular flexibility index (Phi) is 6.18. The second kappa shape index (κ2) is 7.31. The lowest BCUT2D eigenvalue weighted by molar-refractivity contribution is 0.446. The predicted molar refractivity (Wildman–Crippen MR) is 92.9 cm³/mol. The van der Waals surface area contributed by atoms with Gasteiger partial charge in [0.05, 0.1) is 11.9 Å². The molecule has 0 spiro atoms. The number of aliphatic imine (C=N–C) groups is 1. The zero-order chi connectivity index (χ0) is 17.8. The van der Waals surface area contributed by atoms with Gasteiger partial charge in [-0.2, -0.15) is 5.10 Å². The Labute approximate surface area is 138 Å². The number of guanidine groups is 1. The summed E-state index contributed by atoms with van der Waals surface area (Å²) in [5.41, 5.74) is 2.59. The van der Waals surface area contributed by atoms with Gasteiger partial charge in [0.15, 0.2) is 5.96 Å². The third kappa shape index (κ3) is 6.19. The van der Waals surface area contributed by atoms with E-state index >= 15 is 0 Å². The maximum absolute atomic E-state index is 11.4. The van der Waals surface area contributed by atoms with Gasteiger partial charge in [-0.05, 0) is 27.7 Å².